The largest absolute Gasteiger partial charge is 0.467 e. The summed E-state index contributed by atoms with van der Waals surface area (Å²) >= 11 is 0. The molecule has 0 aromatic carbocycles. The first kappa shape index (κ1) is 9.21. The van der Waals surface area contributed by atoms with Crippen LogP contribution in [0.1, 0.15) is 18.5 Å². The molecule has 1 unspecified atom stereocenters. The Morgan fingerprint density at radius 2 is 2.50 bits per heavy atom. The Bertz CT molecular complexity index is 330. The van der Waals surface area contributed by atoms with Crippen LogP contribution in [-0.2, 0) is 14.9 Å². The number of methoxy groups -OCH3 is 1. The molecule has 0 bridgehead atoms. The van der Waals surface area contributed by atoms with Crippen LogP contribution < -0.4 is 0 Å². The number of carbonyl (C=O) groups is 1. The SMILES string of the molecule is COC(=O)C(O)C1(c2ccn[nH]2)CC1. The van der Waals surface area contributed by atoms with Crippen molar-refractivity contribution in [3.05, 3.63) is 18.0 Å². The normalized spacial score (nSPS) is 20.1. The number of H-pyrrole nitrogens is 1. The number of rotatable bonds is 3. The van der Waals surface area contributed by atoms with Crippen molar-refractivity contribution in [3.63, 3.8) is 0 Å². The Hall–Kier alpha value is -1.36. The van der Waals surface area contributed by atoms with Gasteiger partial charge in [-0.15, -0.1) is 0 Å². The van der Waals surface area contributed by atoms with Gasteiger partial charge in [-0.1, -0.05) is 0 Å². The van der Waals surface area contributed by atoms with Gasteiger partial charge in [-0.25, -0.2) is 4.79 Å². The molecule has 1 atom stereocenters. The van der Waals surface area contributed by atoms with Crippen LogP contribution in [-0.4, -0.2) is 34.5 Å². The van der Waals surface area contributed by atoms with Crippen molar-refractivity contribution in [2.45, 2.75) is 24.4 Å². The summed E-state index contributed by atoms with van der Waals surface area (Å²) < 4.78 is 4.51. The van der Waals surface area contributed by atoms with Gasteiger partial charge in [0.15, 0.2) is 6.10 Å². The molecule has 14 heavy (non-hydrogen) atoms. The number of nitrogens with zero attached hydrogens (tertiary/aromatic N) is 1. The van der Waals surface area contributed by atoms with Crippen LogP contribution in [0.3, 0.4) is 0 Å². The van der Waals surface area contributed by atoms with Crippen LogP contribution in [0, 0.1) is 0 Å². The Kier molecular flexibility index (Phi) is 2.03. The summed E-state index contributed by atoms with van der Waals surface area (Å²) in [4.78, 5) is 11.2. The van der Waals surface area contributed by atoms with E-state index in [-0.39, 0.29) is 0 Å². The highest BCUT2D eigenvalue weighted by molar-refractivity contribution is 5.77. The molecule has 1 heterocycles. The number of carbonyl (C=O) groups excluding carboxylic acids is 1. The van der Waals surface area contributed by atoms with Crippen molar-refractivity contribution >= 4 is 5.97 Å². The van der Waals surface area contributed by atoms with Crippen molar-refractivity contribution in [1.29, 1.82) is 0 Å². The number of aromatic amines is 1. The van der Waals surface area contributed by atoms with E-state index < -0.39 is 17.5 Å². The summed E-state index contributed by atoms with van der Waals surface area (Å²) in [6.45, 7) is 0. The molecule has 1 saturated carbocycles. The monoisotopic (exact) mass is 196 g/mol. The van der Waals surface area contributed by atoms with Crippen molar-refractivity contribution in [2.24, 2.45) is 0 Å². The molecule has 5 heteroatoms. The highest BCUT2D eigenvalue weighted by Crippen LogP contribution is 2.50. The Balaban J connectivity index is 2.21. The van der Waals surface area contributed by atoms with E-state index in [2.05, 4.69) is 14.9 Å². The number of hydrogen-bond donors (Lipinski definition) is 2. The summed E-state index contributed by atoms with van der Waals surface area (Å²) in [5.74, 6) is -0.586. The molecular formula is C9H12N2O3. The van der Waals surface area contributed by atoms with Crippen molar-refractivity contribution in [3.8, 4) is 0 Å². The van der Waals surface area contributed by atoms with Crippen LogP contribution in [0.5, 0.6) is 0 Å². The van der Waals surface area contributed by atoms with Gasteiger partial charge in [0.2, 0.25) is 0 Å². The predicted molar refractivity (Wildman–Crippen MR) is 47.5 cm³/mol. The molecular weight excluding hydrogens is 184 g/mol. The highest BCUT2D eigenvalue weighted by atomic mass is 16.5. The number of hydrogen-bond acceptors (Lipinski definition) is 4. The summed E-state index contributed by atoms with van der Waals surface area (Å²) in [5, 5.41) is 16.3. The molecule has 1 aromatic heterocycles. The third-order valence-electron chi connectivity index (χ3n) is 2.77. The molecule has 0 saturated heterocycles. The first-order valence-electron chi connectivity index (χ1n) is 4.46. The molecule has 76 valence electrons. The predicted octanol–water partition coefficient (Wildman–Crippen LogP) is -0.0248. The van der Waals surface area contributed by atoms with Crippen LogP contribution in [0.2, 0.25) is 0 Å². The lowest BCUT2D eigenvalue weighted by atomic mass is 9.95. The van der Waals surface area contributed by atoms with Gasteiger partial charge in [0.1, 0.15) is 0 Å². The number of esters is 1. The van der Waals surface area contributed by atoms with Gasteiger partial charge in [0, 0.05) is 17.3 Å². The minimum absolute atomic E-state index is 0.483. The van der Waals surface area contributed by atoms with E-state index in [4.69, 9.17) is 0 Å². The minimum atomic E-state index is -1.09. The first-order valence-corrected chi connectivity index (χ1v) is 4.46. The Morgan fingerprint density at radius 1 is 1.79 bits per heavy atom. The lowest BCUT2D eigenvalue weighted by molar-refractivity contribution is -0.152. The maximum atomic E-state index is 11.2. The third kappa shape index (κ3) is 1.21. The molecule has 0 amide bonds. The molecule has 1 fully saturated rings. The highest BCUT2D eigenvalue weighted by Gasteiger charge is 2.54. The van der Waals surface area contributed by atoms with Crippen LogP contribution in [0.25, 0.3) is 0 Å². The zero-order valence-corrected chi connectivity index (χ0v) is 7.86. The number of ether oxygens (including phenoxy) is 1. The molecule has 0 radical (unpaired) electrons. The average molecular weight is 196 g/mol. The quantitative estimate of drug-likeness (QED) is 0.666. The van der Waals surface area contributed by atoms with E-state index in [1.165, 1.54) is 7.11 Å². The lowest BCUT2D eigenvalue weighted by Crippen LogP contribution is -2.35. The van der Waals surface area contributed by atoms with Crippen molar-refractivity contribution in [2.75, 3.05) is 7.11 Å². The second-order valence-electron chi connectivity index (χ2n) is 3.55. The zero-order chi connectivity index (χ0) is 10.2. The van der Waals surface area contributed by atoms with Crippen LogP contribution >= 0.6 is 0 Å². The summed E-state index contributed by atoms with van der Waals surface area (Å²) in [6, 6.07) is 1.78. The summed E-state index contributed by atoms with van der Waals surface area (Å²) in [7, 11) is 1.27. The van der Waals surface area contributed by atoms with Crippen molar-refractivity contribution < 1.29 is 14.6 Å². The fourth-order valence-corrected chi connectivity index (χ4v) is 1.70. The number of aromatic nitrogens is 2. The molecule has 5 nitrogen and oxygen atoms in total. The molecule has 0 spiro atoms. The standard InChI is InChI=1S/C9H12N2O3/c1-14-8(13)7(12)9(3-4-9)6-2-5-10-11-6/h2,5,7,12H,3-4H2,1H3,(H,10,11). The van der Waals surface area contributed by atoms with E-state index in [1.807, 2.05) is 0 Å². The van der Waals surface area contributed by atoms with Gasteiger partial charge in [0.25, 0.3) is 0 Å². The Labute approximate surface area is 81.1 Å². The second-order valence-corrected chi connectivity index (χ2v) is 3.55. The summed E-state index contributed by atoms with van der Waals surface area (Å²) in [5.41, 5.74) is 0.319. The van der Waals surface area contributed by atoms with Crippen LogP contribution in [0.15, 0.2) is 12.3 Å². The maximum Gasteiger partial charge on any atom is 0.335 e. The second kappa shape index (κ2) is 3.09. The lowest BCUT2D eigenvalue weighted by Gasteiger charge is -2.18. The topological polar surface area (TPSA) is 75.2 Å². The van der Waals surface area contributed by atoms with E-state index in [0.717, 1.165) is 18.5 Å². The van der Waals surface area contributed by atoms with Gasteiger partial charge < -0.3 is 9.84 Å². The third-order valence-corrected chi connectivity index (χ3v) is 2.77. The van der Waals surface area contributed by atoms with E-state index in [9.17, 15) is 9.90 Å². The Morgan fingerprint density at radius 3 is 2.93 bits per heavy atom. The molecule has 1 aliphatic carbocycles. The average Bonchev–Trinajstić information content (AvgIpc) is 2.84. The molecule has 2 N–H and O–H groups in total. The number of nitrogens with one attached hydrogen (secondary N) is 1. The van der Waals surface area contributed by atoms with E-state index in [0.29, 0.717) is 0 Å². The molecule has 1 aliphatic rings. The van der Waals surface area contributed by atoms with Gasteiger partial charge >= 0.3 is 5.97 Å². The minimum Gasteiger partial charge on any atom is -0.467 e. The van der Waals surface area contributed by atoms with Gasteiger partial charge in [-0.05, 0) is 18.9 Å². The molecule has 0 aliphatic heterocycles. The first-order chi connectivity index (χ1) is 6.70. The van der Waals surface area contributed by atoms with Gasteiger partial charge in [0.05, 0.1) is 7.11 Å². The fourth-order valence-electron chi connectivity index (χ4n) is 1.70. The van der Waals surface area contributed by atoms with Gasteiger partial charge in [-0.2, -0.15) is 5.10 Å². The summed E-state index contributed by atoms with van der Waals surface area (Å²) in [6.07, 6.45) is 2.09. The zero-order valence-electron chi connectivity index (χ0n) is 7.86. The molecule has 2 rings (SSSR count). The van der Waals surface area contributed by atoms with E-state index >= 15 is 0 Å². The fraction of sp³-hybridized carbons (Fsp3) is 0.556. The maximum absolute atomic E-state index is 11.2. The van der Waals surface area contributed by atoms with Crippen molar-refractivity contribution in [1.82, 2.24) is 10.2 Å². The van der Waals surface area contributed by atoms with E-state index in [1.54, 1.807) is 12.3 Å². The number of aliphatic hydroxyl groups excluding tert-OH is 1. The number of aliphatic hydroxyl groups is 1. The molecule has 1 aromatic rings. The van der Waals surface area contributed by atoms with Crippen LogP contribution in [0.4, 0.5) is 0 Å². The smallest absolute Gasteiger partial charge is 0.335 e. The van der Waals surface area contributed by atoms with Gasteiger partial charge in [-0.3, -0.25) is 5.10 Å².